The van der Waals surface area contributed by atoms with Gasteiger partial charge in [0, 0.05) is 31.7 Å². The molecule has 1 saturated heterocycles. The Kier molecular flexibility index (Phi) is 4.98. The average molecular weight is 338 g/mol. The van der Waals surface area contributed by atoms with Gasteiger partial charge in [0.15, 0.2) is 0 Å². The Bertz CT molecular complexity index is 777. The molecule has 4 heteroatoms. The fourth-order valence-electron chi connectivity index (χ4n) is 3.40. The van der Waals surface area contributed by atoms with Crippen molar-refractivity contribution >= 4 is 11.6 Å². The van der Waals surface area contributed by atoms with Gasteiger partial charge in [0.25, 0.3) is 5.91 Å². The maximum absolute atomic E-state index is 12.9. The first kappa shape index (κ1) is 17.3. The summed E-state index contributed by atoms with van der Waals surface area (Å²) in [4.78, 5) is 17.2. The Balaban J connectivity index is 1.72. The molecule has 0 bridgehead atoms. The molecule has 0 radical (unpaired) electrons. The second-order valence-corrected chi connectivity index (χ2v) is 6.70. The molecule has 4 nitrogen and oxygen atoms in total. The number of methoxy groups -OCH3 is 1. The molecule has 3 rings (SSSR count). The van der Waals surface area contributed by atoms with Gasteiger partial charge in [-0.1, -0.05) is 18.2 Å². The van der Waals surface area contributed by atoms with Crippen molar-refractivity contribution in [1.82, 2.24) is 4.90 Å². The first-order valence-corrected chi connectivity index (χ1v) is 8.76. The van der Waals surface area contributed by atoms with E-state index in [4.69, 9.17) is 4.74 Å². The predicted molar refractivity (Wildman–Crippen MR) is 102 cm³/mol. The van der Waals surface area contributed by atoms with Gasteiger partial charge in [-0.05, 0) is 55.7 Å². The molecule has 0 spiro atoms. The van der Waals surface area contributed by atoms with Crippen LogP contribution in [0.2, 0.25) is 0 Å². The summed E-state index contributed by atoms with van der Waals surface area (Å²) >= 11 is 0. The zero-order valence-corrected chi connectivity index (χ0v) is 15.5. The molecule has 2 aromatic rings. The van der Waals surface area contributed by atoms with Crippen LogP contribution in [0.15, 0.2) is 36.4 Å². The molecule has 1 heterocycles. The highest BCUT2D eigenvalue weighted by atomic mass is 16.5. The van der Waals surface area contributed by atoms with Crippen LogP contribution in [0.4, 0.5) is 5.69 Å². The van der Waals surface area contributed by atoms with E-state index in [0.717, 1.165) is 48.7 Å². The molecule has 0 unspecified atom stereocenters. The van der Waals surface area contributed by atoms with Crippen LogP contribution in [0.25, 0.3) is 0 Å². The number of anilines is 1. The Morgan fingerprint density at radius 3 is 2.24 bits per heavy atom. The van der Waals surface area contributed by atoms with Crippen molar-refractivity contribution in [2.45, 2.75) is 20.8 Å². The summed E-state index contributed by atoms with van der Waals surface area (Å²) in [5, 5.41) is 0. The topological polar surface area (TPSA) is 32.8 Å². The molecule has 2 aromatic carbocycles. The third-order valence-electron chi connectivity index (χ3n) is 5.06. The Morgan fingerprint density at radius 2 is 1.56 bits per heavy atom. The SMILES string of the molecule is COc1ccccc1N1CCN(C(=O)c2cc(C)c(C)cc2C)CC1. The number of ether oxygens (including phenoxy) is 1. The summed E-state index contributed by atoms with van der Waals surface area (Å²) in [6.07, 6.45) is 0. The molecule has 0 saturated carbocycles. The molecule has 0 aromatic heterocycles. The number of rotatable bonds is 3. The molecule has 0 N–H and O–H groups in total. The number of piperazine rings is 1. The van der Waals surface area contributed by atoms with Gasteiger partial charge in [0.2, 0.25) is 0 Å². The van der Waals surface area contributed by atoms with Crippen molar-refractivity contribution in [3.8, 4) is 5.75 Å². The minimum absolute atomic E-state index is 0.139. The van der Waals surface area contributed by atoms with Crippen LogP contribution >= 0.6 is 0 Å². The van der Waals surface area contributed by atoms with Crippen LogP contribution in [0.3, 0.4) is 0 Å². The molecule has 1 aliphatic rings. The number of carbonyl (C=O) groups is 1. The molecule has 1 aliphatic heterocycles. The quantitative estimate of drug-likeness (QED) is 0.857. The van der Waals surface area contributed by atoms with Crippen molar-refractivity contribution in [3.63, 3.8) is 0 Å². The van der Waals surface area contributed by atoms with E-state index in [-0.39, 0.29) is 5.91 Å². The van der Waals surface area contributed by atoms with Crippen molar-refractivity contribution in [2.24, 2.45) is 0 Å². The normalized spacial score (nSPS) is 14.6. The average Bonchev–Trinajstić information content (AvgIpc) is 2.64. The summed E-state index contributed by atoms with van der Waals surface area (Å²) in [6, 6.07) is 12.2. The van der Waals surface area contributed by atoms with E-state index in [1.165, 1.54) is 11.1 Å². The first-order valence-electron chi connectivity index (χ1n) is 8.76. The van der Waals surface area contributed by atoms with E-state index in [0.29, 0.717) is 0 Å². The number of hydrogen-bond donors (Lipinski definition) is 0. The van der Waals surface area contributed by atoms with Gasteiger partial charge >= 0.3 is 0 Å². The molecule has 1 fully saturated rings. The second-order valence-electron chi connectivity index (χ2n) is 6.70. The lowest BCUT2D eigenvalue weighted by Crippen LogP contribution is -2.49. The van der Waals surface area contributed by atoms with Crippen molar-refractivity contribution in [3.05, 3.63) is 58.7 Å². The Morgan fingerprint density at radius 1 is 0.920 bits per heavy atom. The molecule has 0 aliphatic carbocycles. The van der Waals surface area contributed by atoms with Gasteiger partial charge < -0.3 is 14.5 Å². The number of para-hydroxylation sites is 2. The van der Waals surface area contributed by atoms with Crippen LogP contribution < -0.4 is 9.64 Å². The summed E-state index contributed by atoms with van der Waals surface area (Å²) in [6.45, 7) is 9.25. The number of benzene rings is 2. The zero-order valence-electron chi connectivity index (χ0n) is 15.5. The van der Waals surface area contributed by atoms with Crippen LogP contribution in [0.1, 0.15) is 27.0 Å². The van der Waals surface area contributed by atoms with Crippen molar-refractivity contribution in [2.75, 3.05) is 38.2 Å². The van der Waals surface area contributed by atoms with E-state index >= 15 is 0 Å². The van der Waals surface area contributed by atoms with E-state index in [1.807, 2.05) is 36.1 Å². The van der Waals surface area contributed by atoms with Gasteiger partial charge in [0.1, 0.15) is 5.75 Å². The first-order chi connectivity index (χ1) is 12.0. The minimum Gasteiger partial charge on any atom is -0.495 e. The van der Waals surface area contributed by atoms with Gasteiger partial charge in [-0.25, -0.2) is 0 Å². The maximum atomic E-state index is 12.9. The van der Waals surface area contributed by atoms with Crippen LogP contribution in [-0.4, -0.2) is 44.1 Å². The van der Waals surface area contributed by atoms with E-state index in [2.05, 4.69) is 30.9 Å². The van der Waals surface area contributed by atoms with Gasteiger partial charge in [-0.3, -0.25) is 4.79 Å². The fraction of sp³-hybridized carbons (Fsp3) is 0.381. The lowest BCUT2D eigenvalue weighted by Gasteiger charge is -2.37. The highest BCUT2D eigenvalue weighted by Gasteiger charge is 2.24. The number of aryl methyl sites for hydroxylation is 3. The van der Waals surface area contributed by atoms with Crippen molar-refractivity contribution < 1.29 is 9.53 Å². The number of hydrogen-bond acceptors (Lipinski definition) is 3. The van der Waals surface area contributed by atoms with Crippen molar-refractivity contribution in [1.29, 1.82) is 0 Å². The zero-order chi connectivity index (χ0) is 18.0. The maximum Gasteiger partial charge on any atom is 0.254 e. The number of nitrogens with zero attached hydrogens (tertiary/aromatic N) is 2. The summed E-state index contributed by atoms with van der Waals surface area (Å²) in [5.41, 5.74) is 5.38. The molecular formula is C21H26N2O2. The molecule has 132 valence electrons. The highest BCUT2D eigenvalue weighted by molar-refractivity contribution is 5.96. The smallest absolute Gasteiger partial charge is 0.254 e. The standard InChI is InChI=1S/C21H26N2O2/c1-15-13-17(3)18(14-16(15)2)21(24)23-11-9-22(10-12-23)19-7-5-6-8-20(19)25-4/h5-8,13-14H,9-12H2,1-4H3. The highest BCUT2D eigenvalue weighted by Crippen LogP contribution is 2.28. The van der Waals surface area contributed by atoms with E-state index < -0.39 is 0 Å². The number of carbonyl (C=O) groups excluding carboxylic acids is 1. The molecule has 25 heavy (non-hydrogen) atoms. The monoisotopic (exact) mass is 338 g/mol. The predicted octanol–water partition coefficient (Wildman–Crippen LogP) is 3.58. The fourth-order valence-corrected chi connectivity index (χ4v) is 3.40. The molecule has 0 atom stereocenters. The van der Waals surface area contributed by atoms with Gasteiger partial charge in [0.05, 0.1) is 12.8 Å². The van der Waals surface area contributed by atoms with Gasteiger partial charge in [-0.2, -0.15) is 0 Å². The minimum atomic E-state index is 0.139. The Hall–Kier alpha value is -2.49. The lowest BCUT2D eigenvalue weighted by molar-refractivity contribution is 0.0746. The van der Waals surface area contributed by atoms with Crippen LogP contribution in [0, 0.1) is 20.8 Å². The molecular weight excluding hydrogens is 312 g/mol. The summed E-state index contributed by atoms with van der Waals surface area (Å²) in [7, 11) is 1.70. The van der Waals surface area contributed by atoms with Crippen LogP contribution in [-0.2, 0) is 0 Å². The van der Waals surface area contributed by atoms with Crippen LogP contribution in [0.5, 0.6) is 5.75 Å². The van der Waals surface area contributed by atoms with Gasteiger partial charge in [-0.15, -0.1) is 0 Å². The lowest BCUT2D eigenvalue weighted by atomic mass is 10.00. The third-order valence-corrected chi connectivity index (χ3v) is 5.06. The third kappa shape index (κ3) is 3.48. The van der Waals surface area contributed by atoms with E-state index in [9.17, 15) is 4.79 Å². The summed E-state index contributed by atoms with van der Waals surface area (Å²) in [5.74, 6) is 1.02. The Labute approximate surface area is 150 Å². The number of amides is 1. The second kappa shape index (κ2) is 7.18. The van der Waals surface area contributed by atoms with E-state index in [1.54, 1.807) is 7.11 Å². The largest absolute Gasteiger partial charge is 0.495 e. The molecule has 1 amide bonds. The summed E-state index contributed by atoms with van der Waals surface area (Å²) < 4.78 is 5.46.